The third kappa shape index (κ3) is 3.01. The number of carbonyl (C=O) groups is 1. The van der Waals surface area contributed by atoms with Crippen molar-refractivity contribution in [3.63, 3.8) is 0 Å². The number of nitro groups is 1. The Hall–Kier alpha value is -2.55. The zero-order chi connectivity index (χ0) is 13.8. The van der Waals surface area contributed by atoms with Crippen molar-refractivity contribution in [2.75, 3.05) is 0 Å². The molecule has 0 radical (unpaired) electrons. The van der Waals surface area contributed by atoms with E-state index in [-0.39, 0.29) is 16.3 Å². The van der Waals surface area contributed by atoms with Crippen LogP contribution in [0.1, 0.15) is 10.4 Å². The molecule has 0 unspecified atom stereocenters. The van der Waals surface area contributed by atoms with Gasteiger partial charge in [0.15, 0.2) is 5.16 Å². The van der Waals surface area contributed by atoms with Gasteiger partial charge in [-0.15, -0.1) is 0 Å². The molecule has 8 nitrogen and oxygen atoms in total. The van der Waals surface area contributed by atoms with E-state index in [1.54, 1.807) is 6.07 Å². The van der Waals surface area contributed by atoms with E-state index >= 15 is 0 Å². The molecular formula is C10H7N5O3S. The quantitative estimate of drug-likeness (QED) is 0.502. The van der Waals surface area contributed by atoms with Gasteiger partial charge in [0, 0.05) is 18.5 Å². The van der Waals surface area contributed by atoms with Gasteiger partial charge >= 0.3 is 0 Å². The smallest absolute Gasteiger partial charge is 0.288 e. The first-order valence-corrected chi connectivity index (χ1v) is 5.78. The van der Waals surface area contributed by atoms with E-state index in [9.17, 15) is 14.9 Å². The van der Waals surface area contributed by atoms with Gasteiger partial charge in [0.2, 0.25) is 0 Å². The van der Waals surface area contributed by atoms with Crippen molar-refractivity contribution in [1.29, 1.82) is 0 Å². The van der Waals surface area contributed by atoms with Gasteiger partial charge in [-0.25, -0.2) is 15.0 Å². The lowest BCUT2D eigenvalue weighted by Gasteiger charge is -2.03. The summed E-state index contributed by atoms with van der Waals surface area (Å²) in [5.41, 5.74) is 4.85. The number of hydrogen-bond acceptors (Lipinski definition) is 7. The highest BCUT2D eigenvalue weighted by molar-refractivity contribution is 7.99. The maximum Gasteiger partial charge on any atom is 0.288 e. The highest BCUT2D eigenvalue weighted by Gasteiger charge is 2.17. The molecule has 0 aliphatic carbocycles. The number of primary amides is 1. The molecule has 2 aromatic rings. The molecule has 2 aromatic heterocycles. The second-order valence-electron chi connectivity index (χ2n) is 3.30. The maximum atomic E-state index is 11.3. The van der Waals surface area contributed by atoms with Crippen LogP contribution >= 0.6 is 11.8 Å². The third-order valence-corrected chi connectivity index (χ3v) is 2.96. The van der Waals surface area contributed by atoms with Crippen molar-refractivity contribution in [2.24, 2.45) is 5.73 Å². The first-order chi connectivity index (χ1) is 9.08. The fourth-order valence-corrected chi connectivity index (χ4v) is 2.00. The van der Waals surface area contributed by atoms with E-state index in [1.165, 1.54) is 12.4 Å². The predicted octanol–water partition coefficient (Wildman–Crippen LogP) is 1.03. The lowest BCUT2D eigenvalue weighted by Crippen LogP contribution is -2.13. The largest absolute Gasteiger partial charge is 0.366 e. The van der Waals surface area contributed by atoms with Crippen molar-refractivity contribution < 1.29 is 9.72 Å². The standard InChI is InChI=1S/C10H7N5O3S/c11-8(16)7-4-6(15(17)18)5-14-9(7)19-10-12-2-1-3-13-10/h1-5H,(H2,11,16). The monoisotopic (exact) mass is 277 g/mol. The normalized spacial score (nSPS) is 10.1. The molecule has 0 spiro atoms. The Morgan fingerprint density at radius 3 is 2.58 bits per heavy atom. The topological polar surface area (TPSA) is 125 Å². The minimum absolute atomic E-state index is 0.0355. The summed E-state index contributed by atoms with van der Waals surface area (Å²) in [6.07, 6.45) is 4.12. The van der Waals surface area contributed by atoms with Crippen molar-refractivity contribution in [3.05, 3.63) is 46.4 Å². The SMILES string of the molecule is NC(=O)c1cc([N+](=O)[O-])cnc1Sc1ncccn1. The van der Waals surface area contributed by atoms with Crippen LogP contribution in [0.15, 0.2) is 40.9 Å². The molecule has 0 bridgehead atoms. The van der Waals surface area contributed by atoms with E-state index in [1.807, 2.05) is 0 Å². The first-order valence-electron chi connectivity index (χ1n) is 4.97. The number of hydrogen-bond donors (Lipinski definition) is 1. The summed E-state index contributed by atoms with van der Waals surface area (Å²) in [7, 11) is 0. The minimum Gasteiger partial charge on any atom is -0.366 e. The fraction of sp³-hybridized carbons (Fsp3) is 0. The molecular weight excluding hydrogens is 270 g/mol. The van der Waals surface area contributed by atoms with Crippen molar-refractivity contribution in [3.8, 4) is 0 Å². The Labute approximate surface area is 111 Å². The second kappa shape index (κ2) is 5.40. The average Bonchev–Trinajstić information content (AvgIpc) is 2.39. The summed E-state index contributed by atoms with van der Waals surface area (Å²) in [4.78, 5) is 33.0. The summed E-state index contributed by atoms with van der Waals surface area (Å²) in [5.74, 6) is -0.797. The highest BCUT2D eigenvalue weighted by atomic mass is 32.2. The van der Waals surface area contributed by atoms with Crippen LogP contribution < -0.4 is 5.73 Å². The molecule has 0 saturated heterocycles. The van der Waals surface area contributed by atoms with Crippen LogP contribution in [0.25, 0.3) is 0 Å². The summed E-state index contributed by atoms with van der Waals surface area (Å²) in [6.45, 7) is 0. The molecule has 0 aliphatic rings. The summed E-state index contributed by atoms with van der Waals surface area (Å²) in [6, 6.07) is 2.73. The summed E-state index contributed by atoms with van der Waals surface area (Å²) < 4.78 is 0. The maximum absolute atomic E-state index is 11.3. The van der Waals surface area contributed by atoms with Gasteiger partial charge in [0.25, 0.3) is 11.6 Å². The zero-order valence-corrected chi connectivity index (χ0v) is 10.2. The molecule has 2 rings (SSSR count). The van der Waals surface area contributed by atoms with E-state index in [0.29, 0.717) is 5.16 Å². The van der Waals surface area contributed by atoms with Crippen LogP contribution in [0.2, 0.25) is 0 Å². The lowest BCUT2D eigenvalue weighted by molar-refractivity contribution is -0.385. The van der Waals surface area contributed by atoms with Crippen LogP contribution in [0.5, 0.6) is 0 Å². The van der Waals surface area contributed by atoms with Crippen LogP contribution in [-0.4, -0.2) is 25.8 Å². The Morgan fingerprint density at radius 1 is 1.32 bits per heavy atom. The number of amides is 1. The van der Waals surface area contributed by atoms with Crippen molar-refractivity contribution >= 4 is 23.4 Å². The van der Waals surface area contributed by atoms with Crippen molar-refractivity contribution in [2.45, 2.75) is 10.2 Å². The molecule has 2 heterocycles. The number of aromatic nitrogens is 3. The molecule has 1 amide bonds. The molecule has 0 aliphatic heterocycles. The average molecular weight is 277 g/mol. The second-order valence-corrected chi connectivity index (χ2v) is 4.26. The highest BCUT2D eigenvalue weighted by Crippen LogP contribution is 2.27. The van der Waals surface area contributed by atoms with Gasteiger partial charge in [-0.05, 0) is 17.8 Å². The molecule has 19 heavy (non-hydrogen) atoms. The molecule has 0 aromatic carbocycles. The molecule has 0 atom stereocenters. The number of nitrogens with zero attached hydrogens (tertiary/aromatic N) is 4. The van der Waals surface area contributed by atoms with E-state index in [4.69, 9.17) is 5.73 Å². The Balaban J connectivity index is 2.40. The molecule has 2 N–H and O–H groups in total. The van der Waals surface area contributed by atoms with Crippen LogP contribution in [0.3, 0.4) is 0 Å². The van der Waals surface area contributed by atoms with E-state index in [2.05, 4.69) is 15.0 Å². The molecule has 0 saturated carbocycles. The zero-order valence-electron chi connectivity index (χ0n) is 9.39. The Bertz CT molecular complexity index is 634. The fourth-order valence-electron chi connectivity index (χ4n) is 1.22. The lowest BCUT2D eigenvalue weighted by atomic mass is 10.2. The molecule has 0 fully saturated rings. The van der Waals surface area contributed by atoms with Gasteiger partial charge < -0.3 is 5.73 Å². The summed E-state index contributed by atoms with van der Waals surface area (Å²) >= 11 is 1.01. The van der Waals surface area contributed by atoms with Gasteiger partial charge in [0.1, 0.15) is 11.2 Å². The summed E-state index contributed by atoms with van der Waals surface area (Å²) in [5, 5.41) is 11.2. The molecule has 96 valence electrons. The van der Waals surface area contributed by atoms with E-state index < -0.39 is 10.8 Å². The third-order valence-electron chi connectivity index (χ3n) is 2.04. The van der Waals surface area contributed by atoms with Gasteiger partial charge in [-0.1, -0.05) is 0 Å². The predicted molar refractivity (Wildman–Crippen MR) is 65.6 cm³/mol. The van der Waals surface area contributed by atoms with Crippen LogP contribution in [0, 0.1) is 10.1 Å². The minimum atomic E-state index is -0.797. The molecule has 9 heteroatoms. The Morgan fingerprint density at radius 2 is 2.00 bits per heavy atom. The number of rotatable bonds is 4. The van der Waals surface area contributed by atoms with Crippen LogP contribution in [-0.2, 0) is 0 Å². The number of nitrogens with two attached hydrogens (primary N) is 1. The Kier molecular flexibility index (Phi) is 3.66. The van der Waals surface area contributed by atoms with Gasteiger partial charge in [-0.3, -0.25) is 14.9 Å². The number of carbonyl (C=O) groups excluding carboxylic acids is 1. The number of pyridine rings is 1. The van der Waals surface area contributed by atoms with Gasteiger partial charge in [0.05, 0.1) is 10.5 Å². The van der Waals surface area contributed by atoms with Crippen molar-refractivity contribution in [1.82, 2.24) is 15.0 Å². The van der Waals surface area contributed by atoms with Gasteiger partial charge in [-0.2, -0.15) is 0 Å². The van der Waals surface area contributed by atoms with E-state index in [0.717, 1.165) is 24.0 Å². The first kappa shape index (κ1) is 12.9. The van der Waals surface area contributed by atoms with Crippen LogP contribution in [0.4, 0.5) is 5.69 Å².